The minimum atomic E-state index is -0.769. The molecule has 7 heteroatoms. The highest BCUT2D eigenvalue weighted by Gasteiger charge is 2.48. The first-order chi connectivity index (χ1) is 9.55. The monoisotopic (exact) mass is 302 g/mol. The highest BCUT2D eigenvalue weighted by atomic mass is 32.1. The van der Waals surface area contributed by atoms with Gasteiger partial charge in [0.05, 0.1) is 4.99 Å². The average molecular weight is 302 g/mol. The van der Waals surface area contributed by atoms with E-state index in [1.165, 1.54) is 0 Å². The molecule has 2 N–H and O–H groups in total. The summed E-state index contributed by atoms with van der Waals surface area (Å²) in [7, 11) is 3.25. The molecule has 0 aliphatic carbocycles. The third-order valence-electron chi connectivity index (χ3n) is 4.34. The number of carbonyl (C=O) groups is 1. The Balaban J connectivity index is 2.15. The van der Waals surface area contributed by atoms with Gasteiger partial charge in [0.1, 0.15) is 17.6 Å². The topological polar surface area (TPSA) is 74.0 Å². The molecule has 2 atom stereocenters. The first kappa shape index (κ1) is 15.6. The van der Waals surface area contributed by atoms with E-state index in [-0.39, 0.29) is 23.1 Å². The van der Waals surface area contributed by atoms with Gasteiger partial charge in [-0.3, -0.25) is 4.79 Å². The van der Waals surface area contributed by atoms with Crippen molar-refractivity contribution < 1.29 is 19.0 Å². The van der Waals surface area contributed by atoms with Gasteiger partial charge in [0.25, 0.3) is 0 Å². The number of thiocarbonyl (C=S) groups is 1. The van der Waals surface area contributed by atoms with E-state index in [1.807, 2.05) is 0 Å². The summed E-state index contributed by atoms with van der Waals surface area (Å²) in [5.74, 6) is -0.0186. The van der Waals surface area contributed by atoms with Crippen LogP contribution in [0.1, 0.15) is 12.8 Å². The van der Waals surface area contributed by atoms with Gasteiger partial charge < -0.3 is 24.8 Å². The number of ether oxygens (including phenoxy) is 3. The van der Waals surface area contributed by atoms with Crippen molar-refractivity contribution in [3.8, 4) is 0 Å². The summed E-state index contributed by atoms with van der Waals surface area (Å²) >= 11 is 5.17. The lowest BCUT2D eigenvalue weighted by molar-refractivity contribution is -0.141. The Morgan fingerprint density at radius 2 is 1.75 bits per heavy atom. The van der Waals surface area contributed by atoms with Crippen molar-refractivity contribution in [3.05, 3.63) is 0 Å². The minimum Gasteiger partial charge on any atom is -0.392 e. The molecular weight excluding hydrogens is 280 g/mol. The lowest BCUT2D eigenvalue weighted by Crippen LogP contribution is -2.53. The van der Waals surface area contributed by atoms with Crippen LogP contribution in [0.5, 0.6) is 0 Å². The molecule has 0 saturated carbocycles. The molecule has 2 fully saturated rings. The van der Waals surface area contributed by atoms with Crippen molar-refractivity contribution in [3.63, 3.8) is 0 Å². The molecule has 2 heterocycles. The molecule has 0 aromatic heterocycles. The summed E-state index contributed by atoms with van der Waals surface area (Å²) in [6.07, 6.45) is 0.888. The molecule has 20 heavy (non-hydrogen) atoms. The molecule has 2 aliphatic rings. The Kier molecular flexibility index (Phi) is 4.95. The Morgan fingerprint density at radius 3 is 2.15 bits per heavy atom. The van der Waals surface area contributed by atoms with Gasteiger partial charge >= 0.3 is 0 Å². The second kappa shape index (κ2) is 6.34. The van der Waals surface area contributed by atoms with Crippen LogP contribution in [0.15, 0.2) is 0 Å². The van der Waals surface area contributed by atoms with E-state index in [4.69, 9.17) is 32.2 Å². The summed E-state index contributed by atoms with van der Waals surface area (Å²) in [5.41, 5.74) is 5.10. The third-order valence-corrected chi connectivity index (χ3v) is 4.73. The predicted molar refractivity (Wildman–Crippen MR) is 77.4 cm³/mol. The van der Waals surface area contributed by atoms with E-state index in [9.17, 15) is 4.79 Å². The summed E-state index contributed by atoms with van der Waals surface area (Å²) in [6.45, 7) is 2.05. The van der Waals surface area contributed by atoms with Gasteiger partial charge in [0.2, 0.25) is 5.91 Å². The van der Waals surface area contributed by atoms with E-state index in [0.717, 1.165) is 0 Å². The van der Waals surface area contributed by atoms with Crippen LogP contribution >= 0.6 is 12.2 Å². The van der Waals surface area contributed by atoms with Gasteiger partial charge in [-0.25, -0.2) is 0 Å². The Morgan fingerprint density at radius 1 is 1.25 bits per heavy atom. The van der Waals surface area contributed by atoms with Crippen LogP contribution in [0.2, 0.25) is 0 Å². The van der Waals surface area contributed by atoms with Crippen molar-refractivity contribution in [1.29, 1.82) is 0 Å². The lowest BCUT2D eigenvalue weighted by atomic mass is 9.78. The second-order valence-electron chi connectivity index (χ2n) is 5.32. The van der Waals surface area contributed by atoms with Crippen molar-refractivity contribution in [1.82, 2.24) is 4.90 Å². The van der Waals surface area contributed by atoms with Crippen molar-refractivity contribution in [2.24, 2.45) is 11.1 Å². The maximum atomic E-state index is 12.9. The van der Waals surface area contributed by atoms with Gasteiger partial charge in [0, 0.05) is 40.5 Å². The molecule has 2 unspecified atom stereocenters. The van der Waals surface area contributed by atoms with Crippen LogP contribution in [0.25, 0.3) is 0 Å². The van der Waals surface area contributed by atoms with Crippen LogP contribution in [0, 0.1) is 5.41 Å². The molecule has 0 spiro atoms. The Labute approximate surface area is 124 Å². The number of nitrogens with two attached hydrogens (primary N) is 1. The van der Waals surface area contributed by atoms with E-state index in [1.54, 1.807) is 19.1 Å². The molecule has 0 aromatic rings. The molecule has 0 aromatic carbocycles. The maximum absolute atomic E-state index is 12.9. The third kappa shape index (κ3) is 2.67. The van der Waals surface area contributed by atoms with Crippen LogP contribution < -0.4 is 5.73 Å². The van der Waals surface area contributed by atoms with Crippen LogP contribution in [0.4, 0.5) is 0 Å². The zero-order chi connectivity index (χ0) is 14.8. The van der Waals surface area contributed by atoms with E-state index in [0.29, 0.717) is 39.1 Å². The molecule has 2 rings (SSSR count). The molecule has 0 radical (unpaired) electrons. The fourth-order valence-corrected chi connectivity index (χ4v) is 3.24. The summed E-state index contributed by atoms with van der Waals surface area (Å²) in [6, 6.07) is 0. The normalized spacial score (nSPS) is 29.4. The maximum Gasteiger partial charge on any atom is 0.235 e. The second-order valence-corrected chi connectivity index (χ2v) is 5.76. The van der Waals surface area contributed by atoms with Crippen LogP contribution in [-0.2, 0) is 19.0 Å². The van der Waals surface area contributed by atoms with Gasteiger partial charge in [-0.1, -0.05) is 12.2 Å². The number of methoxy groups -OCH3 is 2. The molecule has 0 bridgehead atoms. The number of nitrogens with zero attached hydrogens (tertiary/aromatic N) is 1. The molecule has 2 aliphatic heterocycles. The fraction of sp³-hybridized carbons (Fsp3) is 0.846. The van der Waals surface area contributed by atoms with Crippen molar-refractivity contribution in [2.75, 3.05) is 40.5 Å². The molecule has 2 saturated heterocycles. The van der Waals surface area contributed by atoms with E-state index in [2.05, 4.69) is 0 Å². The zero-order valence-corrected chi connectivity index (χ0v) is 12.8. The number of amides is 1. The predicted octanol–water partition coefficient (Wildman–Crippen LogP) is -0.0585. The number of rotatable bonds is 4. The summed E-state index contributed by atoms with van der Waals surface area (Å²) < 4.78 is 16.1. The van der Waals surface area contributed by atoms with Gasteiger partial charge in [0.15, 0.2) is 0 Å². The van der Waals surface area contributed by atoms with Crippen LogP contribution in [-0.4, -0.2) is 68.5 Å². The molecule has 1 amide bonds. The molecule has 6 nitrogen and oxygen atoms in total. The van der Waals surface area contributed by atoms with Gasteiger partial charge in [-0.05, 0) is 12.8 Å². The van der Waals surface area contributed by atoms with Gasteiger partial charge in [-0.2, -0.15) is 0 Å². The molecule has 114 valence electrons. The Bertz CT molecular complexity index is 373. The number of carbonyl (C=O) groups excluding carboxylic acids is 1. The van der Waals surface area contributed by atoms with Crippen molar-refractivity contribution >= 4 is 23.1 Å². The summed E-state index contributed by atoms with van der Waals surface area (Å²) in [5, 5.41) is 0. The van der Waals surface area contributed by atoms with Gasteiger partial charge in [-0.15, -0.1) is 0 Å². The first-order valence-electron chi connectivity index (χ1n) is 6.78. The highest BCUT2D eigenvalue weighted by molar-refractivity contribution is 7.80. The SMILES string of the molecule is COC1CN(C(=O)C2(C(N)=S)CCOCC2)CC1OC. The molecular formula is C13H22N2O4S. The fourth-order valence-electron chi connectivity index (χ4n) is 2.95. The average Bonchev–Trinajstić information content (AvgIpc) is 2.90. The highest BCUT2D eigenvalue weighted by Crippen LogP contribution is 2.34. The number of likely N-dealkylation sites (tertiary alicyclic amines) is 1. The first-order valence-corrected chi connectivity index (χ1v) is 7.18. The summed E-state index contributed by atoms with van der Waals surface area (Å²) in [4.78, 5) is 14.9. The lowest BCUT2D eigenvalue weighted by Gasteiger charge is -2.37. The standard InChI is InChI=1S/C13H22N2O4S/c1-17-9-7-15(8-10(9)18-2)12(16)13(11(14)20)3-5-19-6-4-13/h9-10H,3-8H2,1-2H3,(H2,14,20). The Hall–Kier alpha value is -0.760. The smallest absolute Gasteiger partial charge is 0.235 e. The van der Waals surface area contributed by atoms with E-state index < -0.39 is 5.41 Å². The minimum absolute atomic E-state index is 0.0186. The van der Waals surface area contributed by atoms with Crippen LogP contribution in [0.3, 0.4) is 0 Å². The van der Waals surface area contributed by atoms with Crippen molar-refractivity contribution in [2.45, 2.75) is 25.0 Å². The van der Waals surface area contributed by atoms with E-state index >= 15 is 0 Å². The zero-order valence-electron chi connectivity index (χ0n) is 12.0. The quantitative estimate of drug-likeness (QED) is 0.734. The number of hydrogen-bond acceptors (Lipinski definition) is 5. The largest absolute Gasteiger partial charge is 0.392 e. The number of hydrogen-bond donors (Lipinski definition) is 1.